The predicted octanol–water partition coefficient (Wildman–Crippen LogP) is 0.171. The molecule has 18 heavy (non-hydrogen) atoms. The van der Waals surface area contributed by atoms with Crippen molar-refractivity contribution in [3.8, 4) is 0 Å². The van der Waals surface area contributed by atoms with Crippen LogP contribution in [0.1, 0.15) is 5.56 Å². The minimum atomic E-state index is -0.518. The zero-order chi connectivity index (χ0) is 12.8. The maximum absolute atomic E-state index is 11.6. The molecule has 0 unspecified atom stereocenters. The van der Waals surface area contributed by atoms with E-state index in [0.717, 1.165) is 0 Å². The van der Waals surface area contributed by atoms with Gasteiger partial charge >= 0.3 is 6.09 Å². The molecule has 7 heteroatoms. The van der Waals surface area contributed by atoms with E-state index in [1.165, 1.54) is 4.90 Å². The number of nitrogens with two attached hydrogens (primary N) is 1. The molecule has 2 heterocycles. The van der Waals surface area contributed by atoms with Crippen LogP contribution < -0.4 is 5.73 Å². The third-order valence-electron chi connectivity index (χ3n) is 2.47. The second-order valence-corrected chi connectivity index (χ2v) is 3.67. The van der Waals surface area contributed by atoms with Crippen molar-refractivity contribution in [3.05, 3.63) is 30.1 Å². The molecule has 2 rings (SSSR count). The fourth-order valence-electron chi connectivity index (χ4n) is 1.47. The summed E-state index contributed by atoms with van der Waals surface area (Å²) in [4.78, 5) is 21.8. The monoisotopic (exact) mass is 250 g/mol. The summed E-state index contributed by atoms with van der Waals surface area (Å²) in [6, 6.07) is 3.36. The first kappa shape index (κ1) is 12.3. The van der Waals surface area contributed by atoms with Gasteiger partial charge in [0.05, 0.1) is 13.2 Å². The first-order chi connectivity index (χ1) is 8.77. The highest BCUT2D eigenvalue weighted by Crippen LogP contribution is 2.01. The van der Waals surface area contributed by atoms with Gasteiger partial charge in [-0.25, -0.2) is 4.79 Å². The van der Waals surface area contributed by atoms with Crippen LogP contribution >= 0.6 is 0 Å². The summed E-state index contributed by atoms with van der Waals surface area (Å²) in [5, 5.41) is 3.60. The van der Waals surface area contributed by atoms with Gasteiger partial charge in [-0.15, -0.1) is 0 Å². The number of rotatable bonds is 2. The van der Waals surface area contributed by atoms with Crippen molar-refractivity contribution in [2.75, 3.05) is 26.3 Å². The van der Waals surface area contributed by atoms with Crippen LogP contribution in [0, 0.1) is 0 Å². The molecule has 0 aromatic carbocycles. The van der Waals surface area contributed by atoms with Crippen LogP contribution in [0.2, 0.25) is 0 Å². The Kier molecular flexibility index (Phi) is 4.08. The Morgan fingerprint density at radius 3 is 2.72 bits per heavy atom. The number of hydrogen-bond acceptors (Lipinski definition) is 5. The molecule has 0 saturated carbocycles. The Hall–Kier alpha value is -2.15. The third-order valence-corrected chi connectivity index (χ3v) is 2.47. The normalized spacial score (nSPS) is 16.4. The standard InChI is InChI=1S/C11H14N4O3/c12-10(9-1-3-13-4-2-9)14-18-11(16)15-5-7-17-8-6-15/h1-4H,5-8H2,(H2,12,14). The van der Waals surface area contributed by atoms with Gasteiger partial charge < -0.3 is 15.4 Å². The number of amidine groups is 1. The van der Waals surface area contributed by atoms with Gasteiger partial charge in [-0.1, -0.05) is 5.16 Å². The van der Waals surface area contributed by atoms with Crippen LogP contribution in [-0.4, -0.2) is 48.1 Å². The van der Waals surface area contributed by atoms with Gasteiger partial charge in [0.2, 0.25) is 0 Å². The summed E-state index contributed by atoms with van der Waals surface area (Å²) in [5.41, 5.74) is 6.33. The maximum atomic E-state index is 11.6. The molecule has 0 atom stereocenters. The number of morpholine rings is 1. The molecule has 0 spiro atoms. The van der Waals surface area contributed by atoms with E-state index in [1.54, 1.807) is 24.5 Å². The fourth-order valence-corrected chi connectivity index (χ4v) is 1.47. The van der Waals surface area contributed by atoms with Crippen LogP contribution in [-0.2, 0) is 9.57 Å². The van der Waals surface area contributed by atoms with Crippen LogP contribution in [0.4, 0.5) is 4.79 Å². The lowest BCUT2D eigenvalue weighted by Crippen LogP contribution is -2.40. The highest BCUT2D eigenvalue weighted by molar-refractivity contribution is 5.97. The van der Waals surface area contributed by atoms with E-state index in [1.807, 2.05) is 0 Å². The Balaban J connectivity index is 1.91. The third kappa shape index (κ3) is 3.17. The zero-order valence-electron chi connectivity index (χ0n) is 9.78. The molecule has 1 aliphatic heterocycles. The molecular weight excluding hydrogens is 236 g/mol. The van der Waals surface area contributed by atoms with Gasteiger partial charge in [0, 0.05) is 31.0 Å². The SMILES string of the molecule is N/C(=N\OC(=O)N1CCOCC1)c1ccncc1. The molecule has 1 amide bonds. The summed E-state index contributed by atoms with van der Waals surface area (Å²) in [5.74, 6) is 0.138. The molecule has 0 aliphatic carbocycles. The van der Waals surface area contributed by atoms with Crippen molar-refractivity contribution >= 4 is 11.9 Å². The van der Waals surface area contributed by atoms with E-state index in [0.29, 0.717) is 31.9 Å². The number of oxime groups is 1. The molecule has 2 N–H and O–H groups in total. The minimum absolute atomic E-state index is 0.138. The Labute approximate surface area is 104 Å². The van der Waals surface area contributed by atoms with E-state index in [9.17, 15) is 4.79 Å². The topological polar surface area (TPSA) is 90.0 Å². The quantitative estimate of drug-likeness (QED) is 0.350. The van der Waals surface area contributed by atoms with Crippen LogP contribution in [0.15, 0.2) is 29.7 Å². The van der Waals surface area contributed by atoms with Crippen LogP contribution in [0.25, 0.3) is 0 Å². The zero-order valence-corrected chi connectivity index (χ0v) is 9.78. The number of hydrogen-bond donors (Lipinski definition) is 1. The number of aromatic nitrogens is 1. The molecule has 1 aromatic heterocycles. The van der Waals surface area contributed by atoms with Crippen LogP contribution in [0.3, 0.4) is 0 Å². The van der Waals surface area contributed by atoms with E-state index < -0.39 is 6.09 Å². The highest BCUT2D eigenvalue weighted by Gasteiger charge is 2.18. The number of carbonyl (C=O) groups excluding carboxylic acids is 1. The highest BCUT2D eigenvalue weighted by atomic mass is 16.7. The molecular formula is C11H14N4O3. The fraction of sp³-hybridized carbons (Fsp3) is 0.364. The molecule has 1 saturated heterocycles. The van der Waals surface area contributed by atoms with Crippen molar-refractivity contribution in [1.82, 2.24) is 9.88 Å². The molecule has 96 valence electrons. The second kappa shape index (κ2) is 5.97. The Morgan fingerprint density at radius 1 is 1.39 bits per heavy atom. The number of pyridine rings is 1. The summed E-state index contributed by atoms with van der Waals surface area (Å²) < 4.78 is 5.13. The predicted molar refractivity (Wildman–Crippen MR) is 63.8 cm³/mol. The van der Waals surface area contributed by atoms with Crippen molar-refractivity contribution in [2.24, 2.45) is 10.9 Å². The summed E-state index contributed by atoms with van der Waals surface area (Å²) in [6.07, 6.45) is 2.65. The average Bonchev–Trinajstić information content (AvgIpc) is 2.46. The van der Waals surface area contributed by atoms with Gasteiger partial charge in [0.1, 0.15) is 0 Å². The molecule has 0 radical (unpaired) electrons. The van der Waals surface area contributed by atoms with E-state index in [4.69, 9.17) is 15.3 Å². The van der Waals surface area contributed by atoms with Gasteiger partial charge in [0.15, 0.2) is 5.84 Å². The van der Waals surface area contributed by atoms with Crippen LogP contribution in [0.5, 0.6) is 0 Å². The van der Waals surface area contributed by atoms with Crippen molar-refractivity contribution < 1.29 is 14.4 Å². The Bertz CT molecular complexity index is 429. The number of carbonyl (C=O) groups is 1. The largest absolute Gasteiger partial charge is 0.436 e. The molecule has 1 fully saturated rings. The first-order valence-corrected chi connectivity index (χ1v) is 5.55. The number of ether oxygens (including phenoxy) is 1. The van der Waals surface area contributed by atoms with Gasteiger partial charge in [0.25, 0.3) is 0 Å². The van der Waals surface area contributed by atoms with Crippen molar-refractivity contribution in [1.29, 1.82) is 0 Å². The summed E-state index contributed by atoms with van der Waals surface area (Å²) >= 11 is 0. The molecule has 1 aliphatic rings. The maximum Gasteiger partial charge on any atom is 0.436 e. The minimum Gasteiger partial charge on any atom is -0.380 e. The summed E-state index contributed by atoms with van der Waals surface area (Å²) in [7, 11) is 0. The van der Waals surface area contributed by atoms with E-state index >= 15 is 0 Å². The molecule has 1 aromatic rings. The van der Waals surface area contributed by atoms with Gasteiger partial charge in [-0.05, 0) is 12.1 Å². The average molecular weight is 250 g/mol. The van der Waals surface area contributed by atoms with Gasteiger partial charge in [-0.2, -0.15) is 0 Å². The second-order valence-electron chi connectivity index (χ2n) is 3.67. The lowest BCUT2D eigenvalue weighted by molar-refractivity contribution is 0.0279. The smallest absolute Gasteiger partial charge is 0.380 e. The lowest BCUT2D eigenvalue weighted by Gasteiger charge is -2.24. The van der Waals surface area contributed by atoms with E-state index in [2.05, 4.69) is 10.1 Å². The van der Waals surface area contributed by atoms with E-state index in [-0.39, 0.29) is 5.84 Å². The lowest BCUT2D eigenvalue weighted by atomic mass is 10.2. The molecule has 0 bridgehead atoms. The number of amides is 1. The summed E-state index contributed by atoms with van der Waals surface area (Å²) in [6.45, 7) is 2.03. The Morgan fingerprint density at radius 2 is 2.06 bits per heavy atom. The van der Waals surface area contributed by atoms with Crippen molar-refractivity contribution in [2.45, 2.75) is 0 Å². The number of nitrogens with zero attached hydrogens (tertiary/aromatic N) is 3. The molecule has 7 nitrogen and oxygen atoms in total. The first-order valence-electron chi connectivity index (χ1n) is 5.55. The van der Waals surface area contributed by atoms with Crippen molar-refractivity contribution in [3.63, 3.8) is 0 Å². The van der Waals surface area contributed by atoms with Gasteiger partial charge in [-0.3, -0.25) is 9.82 Å².